The monoisotopic (exact) mass is 471 g/mol. The highest BCUT2D eigenvalue weighted by Gasteiger charge is 2.66. The zero-order valence-electron chi connectivity index (χ0n) is 19.4. The number of aromatic hydroxyl groups is 1. The average Bonchev–Trinajstić information content (AvgIpc) is 2.75. The molecule has 2 fully saturated rings. The predicted molar refractivity (Wildman–Crippen MR) is 120 cm³/mol. The molecule has 5 atom stereocenters. The molecular formula is C24H29N3O7. The fourth-order valence-electron chi connectivity index (χ4n) is 5.86. The van der Waals surface area contributed by atoms with Crippen LogP contribution in [0.2, 0.25) is 0 Å². The number of anilines is 1. The number of hydrogen-bond donors (Lipinski definition) is 4. The smallest absolute Gasteiger partial charge is 0.235 e. The van der Waals surface area contributed by atoms with E-state index < -0.39 is 58.3 Å². The van der Waals surface area contributed by atoms with Crippen molar-refractivity contribution >= 4 is 34.7 Å². The van der Waals surface area contributed by atoms with E-state index in [-0.39, 0.29) is 30.6 Å². The molecule has 34 heavy (non-hydrogen) atoms. The highest BCUT2D eigenvalue weighted by Crippen LogP contribution is 2.51. The van der Waals surface area contributed by atoms with E-state index >= 15 is 0 Å². The van der Waals surface area contributed by atoms with Crippen molar-refractivity contribution in [2.24, 2.45) is 29.4 Å². The first-order valence-corrected chi connectivity index (χ1v) is 11.4. The van der Waals surface area contributed by atoms with Crippen LogP contribution in [0.15, 0.2) is 6.07 Å². The number of fused-ring (bicyclic) bond motifs is 3. The Morgan fingerprint density at radius 3 is 2.47 bits per heavy atom. The van der Waals surface area contributed by atoms with Gasteiger partial charge >= 0.3 is 0 Å². The summed E-state index contributed by atoms with van der Waals surface area (Å²) in [6.45, 7) is 2.85. The van der Waals surface area contributed by atoms with Gasteiger partial charge in [0.25, 0.3) is 0 Å². The Kier molecular flexibility index (Phi) is 5.85. The molecule has 0 bridgehead atoms. The molecule has 10 heteroatoms. The number of rotatable bonds is 5. The van der Waals surface area contributed by atoms with Crippen LogP contribution in [0.5, 0.6) is 5.75 Å². The molecule has 2 unspecified atom stereocenters. The summed E-state index contributed by atoms with van der Waals surface area (Å²) in [5.41, 5.74) is 4.39. The number of hydrogen-bond acceptors (Lipinski definition) is 9. The van der Waals surface area contributed by atoms with Gasteiger partial charge in [-0.05, 0) is 36.9 Å². The number of amides is 1. The lowest BCUT2D eigenvalue weighted by Gasteiger charge is -2.48. The second kappa shape index (κ2) is 8.28. The Bertz CT molecular complexity index is 1130. The Morgan fingerprint density at radius 2 is 1.88 bits per heavy atom. The van der Waals surface area contributed by atoms with Gasteiger partial charge in [0.05, 0.1) is 11.5 Å². The number of nitrogens with one attached hydrogen (secondary N) is 1. The van der Waals surface area contributed by atoms with Gasteiger partial charge in [0.1, 0.15) is 5.75 Å². The Balaban J connectivity index is 1.83. The van der Waals surface area contributed by atoms with Crippen LogP contribution in [0, 0.1) is 23.7 Å². The van der Waals surface area contributed by atoms with Crippen LogP contribution in [-0.4, -0.2) is 65.5 Å². The van der Waals surface area contributed by atoms with Crippen LogP contribution in [0.25, 0.3) is 0 Å². The van der Waals surface area contributed by atoms with Crippen LogP contribution < -0.4 is 16.0 Å². The maximum Gasteiger partial charge on any atom is 0.235 e. The van der Waals surface area contributed by atoms with E-state index in [0.717, 1.165) is 5.69 Å². The van der Waals surface area contributed by atoms with Crippen molar-refractivity contribution in [1.82, 2.24) is 5.32 Å². The number of primary amides is 1. The SMILES string of the molecule is CCNCc1cc(N(C)C)c2c(c1O)C(=O)C1C(=O)[C@]3(O)C(=O)C(C(N)=O)C(=O)C[C@@H]3C[C@@H]1C2. The highest BCUT2D eigenvalue weighted by molar-refractivity contribution is 6.31. The van der Waals surface area contributed by atoms with E-state index in [1.807, 2.05) is 25.9 Å². The minimum absolute atomic E-state index is 0.0153. The van der Waals surface area contributed by atoms with Crippen molar-refractivity contribution in [2.75, 3.05) is 25.5 Å². The van der Waals surface area contributed by atoms with Gasteiger partial charge in [-0.15, -0.1) is 0 Å². The molecule has 10 nitrogen and oxygen atoms in total. The summed E-state index contributed by atoms with van der Waals surface area (Å²) >= 11 is 0. The van der Waals surface area contributed by atoms with Gasteiger partial charge in [-0.3, -0.25) is 24.0 Å². The number of Topliss-reactive ketones (excluding diaryl/α,β-unsaturated/α-hetero) is 4. The lowest BCUT2D eigenvalue weighted by molar-refractivity contribution is -0.175. The zero-order chi connectivity index (χ0) is 25.1. The molecule has 0 aliphatic heterocycles. The number of nitrogens with two attached hydrogens (primary N) is 1. The third kappa shape index (κ3) is 3.27. The second-order valence-electron chi connectivity index (χ2n) is 9.67. The van der Waals surface area contributed by atoms with Crippen molar-refractivity contribution in [3.8, 4) is 5.75 Å². The van der Waals surface area contributed by atoms with Crippen LogP contribution in [0.3, 0.4) is 0 Å². The molecule has 5 N–H and O–H groups in total. The summed E-state index contributed by atoms with van der Waals surface area (Å²) < 4.78 is 0. The normalized spacial score (nSPS) is 30.5. The molecular weight excluding hydrogens is 442 g/mol. The number of aliphatic hydroxyl groups is 1. The van der Waals surface area contributed by atoms with Crippen LogP contribution in [0.4, 0.5) is 5.69 Å². The number of phenols is 1. The standard InChI is InChI=1S/C24H29N3O7/c1-4-26-9-11-7-14(27(2)3)13-6-10-5-12-8-15(28)18(23(25)33)22(32)24(12,34)21(31)16(10)20(30)17(13)19(11)29/h7,10,12,16,18,26,29,34H,4-6,8-9H2,1-3H3,(H2,25,33)/t10-,12+,16?,18?,24+/m1/s1. The Hall–Kier alpha value is -3.11. The van der Waals surface area contributed by atoms with E-state index in [2.05, 4.69) is 5.32 Å². The van der Waals surface area contributed by atoms with Crippen molar-refractivity contribution in [3.63, 3.8) is 0 Å². The van der Waals surface area contributed by atoms with Crippen LogP contribution in [-0.2, 0) is 32.1 Å². The lowest BCUT2D eigenvalue weighted by Crippen LogP contribution is -2.68. The number of carbonyl (C=O) groups excluding carboxylic acids is 5. The predicted octanol–water partition coefficient (Wildman–Crippen LogP) is -0.498. The van der Waals surface area contributed by atoms with E-state index in [4.69, 9.17) is 5.73 Å². The van der Waals surface area contributed by atoms with E-state index in [1.54, 1.807) is 6.07 Å². The van der Waals surface area contributed by atoms with Gasteiger partial charge in [0.15, 0.2) is 34.7 Å². The first-order valence-electron chi connectivity index (χ1n) is 11.4. The van der Waals surface area contributed by atoms with E-state index in [9.17, 15) is 34.2 Å². The molecule has 182 valence electrons. The second-order valence-corrected chi connectivity index (χ2v) is 9.67. The lowest BCUT2D eigenvalue weighted by atomic mass is 9.53. The van der Waals surface area contributed by atoms with Gasteiger partial charge in [-0.2, -0.15) is 0 Å². The fourth-order valence-corrected chi connectivity index (χ4v) is 5.86. The van der Waals surface area contributed by atoms with Crippen molar-refractivity contribution in [1.29, 1.82) is 0 Å². The summed E-state index contributed by atoms with van der Waals surface area (Å²) in [6.07, 6.45) is -0.0126. The number of phenolic OH excluding ortho intramolecular Hbond substituents is 1. The minimum Gasteiger partial charge on any atom is -0.507 e. The summed E-state index contributed by atoms with van der Waals surface area (Å²) in [5.74, 6) is -9.97. The molecule has 1 amide bonds. The van der Waals surface area contributed by atoms with Crippen LogP contribution in [0.1, 0.15) is 41.3 Å². The number of carbonyl (C=O) groups is 5. The summed E-state index contributed by atoms with van der Waals surface area (Å²) in [7, 11) is 3.63. The largest absolute Gasteiger partial charge is 0.507 e. The molecule has 1 aromatic rings. The zero-order valence-corrected chi connectivity index (χ0v) is 19.4. The first-order chi connectivity index (χ1) is 15.9. The fraction of sp³-hybridized carbons (Fsp3) is 0.542. The molecule has 4 rings (SSSR count). The summed E-state index contributed by atoms with van der Waals surface area (Å²) in [6, 6.07) is 1.80. The van der Waals surface area contributed by atoms with Crippen molar-refractivity contribution in [2.45, 2.75) is 38.3 Å². The van der Waals surface area contributed by atoms with Crippen LogP contribution >= 0.6 is 0 Å². The van der Waals surface area contributed by atoms with Crippen molar-refractivity contribution in [3.05, 3.63) is 22.8 Å². The topological polar surface area (TPSA) is 167 Å². The van der Waals surface area contributed by atoms with Crippen molar-refractivity contribution < 1.29 is 34.2 Å². The maximum atomic E-state index is 13.7. The third-order valence-electron chi connectivity index (χ3n) is 7.50. The molecule has 3 aliphatic carbocycles. The highest BCUT2D eigenvalue weighted by atomic mass is 16.3. The quantitative estimate of drug-likeness (QED) is 0.414. The summed E-state index contributed by atoms with van der Waals surface area (Å²) in [5, 5.41) is 25.4. The van der Waals surface area contributed by atoms with Gasteiger partial charge in [0.2, 0.25) is 5.91 Å². The third-order valence-corrected chi connectivity index (χ3v) is 7.50. The molecule has 0 heterocycles. The molecule has 0 aromatic heterocycles. The van der Waals surface area contributed by atoms with Gasteiger partial charge < -0.3 is 26.2 Å². The molecule has 0 spiro atoms. The minimum atomic E-state index is -2.64. The maximum absolute atomic E-state index is 13.7. The van der Waals surface area contributed by atoms with Gasteiger partial charge in [0, 0.05) is 44.2 Å². The van der Waals surface area contributed by atoms with E-state index in [1.165, 1.54) is 0 Å². The molecule has 2 saturated carbocycles. The molecule has 0 saturated heterocycles. The molecule has 1 aromatic carbocycles. The molecule has 0 radical (unpaired) electrons. The van der Waals surface area contributed by atoms with Gasteiger partial charge in [-0.25, -0.2) is 0 Å². The Morgan fingerprint density at radius 1 is 1.21 bits per heavy atom. The summed E-state index contributed by atoms with van der Waals surface area (Å²) in [4.78, 5) is 66.2. The number of benzene rings is 1. The number of nitrogens with zero attached hydrogens (tertiary/aromatic N) is 1. The van der Waals surface area contributed by atoms with Gasteiger partial charge in [-0.1, -0.05) is 6.92 Å². The molecule has 3 aliphatic rings. The van der Waals surface area contributed by atoms with E-state index in [0.29, 0.717) is 24.2 Å². The Labute approximate surface area is 196 Å². The number of ketones is 4. The first kappa shape index (κ1) is 24.0. The average molecular weight is 472 g/mol.